The van der Waals surface area contributed by atoms with E-state index >= 15 is 0 Å². The predicted molar refractivity (Wildman–Crippen MR) is 111 cm³/mol. The number of allylic oxidation sites excluding steroid dienone is 2. The third-order valence-corrected chi connectivity index (χ3v) is 5.96. The molecule has 0 heterocycles. The molecule has 29 heavy (non-hydrogen) atoms. The Morgan fingerprint density at radius 2 is 2.07 bits per heavy atom. The van der Waals surface area contributed by atoms with Gasteiger partial charge in [0.2, 0.25) is 6.54 Å². The van der Waals surface area contributed by atoms with Crippen LogP contribution >= 0.6 is 0 Å². The first-order valence-corrected chi connectivity index (χ1v) is 10.5. The average Bonchev–Trinajstić information content (AvgIpc) is 3.05. The van der Waals surface area contributed by atoms with E-state index in [9.17, 15) is 29.9 Å². The van der Waals surface area contributed by atoms with Crippen molar-refractivity contribution in [1.82, 2.24) is 0 Å². The van der Waals surface area contributed by atoms with Crippen LogP contribution in [0.15, 0.2) is 24.3 Å². The summed E-state index contributed by atoms with van der Waals surface area (Å²) in [5.41, 5.74) is -2.95. The normalized spacial score (nSPS) is 22.6. The Balaban J connectivity index is 3.44. The zero-order chi connectivity index (χ0) is 22.1. The number of carbonyl (C=O) groups is 2. The number of nitrogens with zero attached hydrogens (tertiary/aromatic N) is 1. The number of hydrogen-bond donors (Lipinski definition) is 2. The molecule has 164 valence electrons. The molecule has 0 aliphatic heterocycles. The number of unbranched alkanes of at least 4 members (excludes halogenated alkanes) is 2. The third-order valence-electron chi connectivity index (χ3n) is 5.96. The van der Waals surface area contributed by atoms with Crippen molar-refractivity contribution in [3.8, 4) is 0 Å². The summed E-state index contributed by atoms with van der Waals surface area (Å²) in [6.07, 6.45) is 10.9. The number of hydrogen-bond acceptors (Lipinski definition) is 5. The van der Waals surface area contributed by atoms with E-state index in [0.29, 0.717) is 19.3 Å². The fourth-order valence-electron chi connectivity index (χ4n) is 4.29. The van der Waals surface area contributed by atoms with Gasteiger partial charge in [-0.2, -0.15) is 0 Å². The molecule has 0 bridgehead atoms. The van der Waals surface area contributed by atoms with Crippen LogP contribution in [0.25, 0.3) is 0 Å². The lowest BCUT2D eigenvalue weighted by atomic mass is 9.63. The Morgan fingerprint density at radius 3 is 2.55 bits per heavy atom. The van der Waals surface area contributed by atoms with Crippen LogP contribution in [0.1, 0.15) is 72.1 Å². The molecule has 4 atom stereocenters. The van der Waals surface area contributed by atoms with Crippen molar-refractivity contribution in [2.75, 3.05) is 6.54 Å². The van der Waals surface area contributed by atoms with Gasteiger partial charge in [0, 0.05) is 23.2 Å². The number of nitro groups is 1. The second kappa shape index (κ2) is 11.2. The van der Waals surface area contributed by atoms with E-state index in [1.807, 2.05) is 0 Å². The number of Topliss-reactive ketones (excluding diaryl/α,β-unsaturated/α-hetero) is 1. The van der Waals surface area contributed by atoms with E-state index in [-0.39, 0.29) is 18.6 Å². The van der Waals surface area contributed by atoms with Crippen molar-refractivity contribution in [2.24, 2.45) is 17.3 Å². The molecule has 7 nitrogen and oxygen atoms in total. The molecule has 1 rings (SSSR count). The van der Waals surface area contributed by atoms with Crippen molar-refractivity contribution in [2.45, 2.75) is 77.7 Å². The molecular weight excluding hydrogens is 374 g/mol. The molecule has 0 spiro atoms. The highest BCUT2D eigenvalue weighted by Gasteiger charge is 2.55. The van der Waals surface area contributed by atoms with Crippen molar-refractivity contribution < 1.29 is 24.7 Å². The van der Waals surface area contributed by atoms with Crippen molar-refractivity contribution in [3.05, 3.63) is 34.4 Å². The molecule has 0 saturated heterocycles. The monoisotopic (exact) mass is 409 g/mol. The van der Waals surface area contributed by atoms with E-state index < -0.39 is 40.3 Å². The first-order chi connectivity index (χ1) is 13.6. The second-order valence-corrected chi connectivity index (χ2v) is 8.31. The largest absolute Gasteiger partial charge is 0.481 e. The molecule has 0 aromatic heterocycles. The average molecular weight is 410 g/mol. The van der Waals surface area contributed by atoms with Crippen molar-refractivity contribution in [1.29, 1.82) is 0 Å². The van der Waals surface area contributed by atoms with Crippen LogP contribution in [0, 0.1) is 27.4 Å². The highest BCUT2D eigenvalue weighted by Crippen LogP contribution is 2.47. The fourth-order valence-corrected chi connectivity index (χ4v) is 4.29. The van der Waals surface area contributed by atoms with E-state index in [4.69, 9.17) is 0 Å². The zero-order valence-corrected chi connectivity index (χ0v) is 17.8. The van der Waals surface area contributed by atoms with Crippen LogP contribution in [-0.4, -0.2) is 39.0 Å². The summed E-state index contributed by atoms with van der Waals surface area (Å²) in [4.78, 5) is 36.0. The Bertz CT molecular complexity index is 639. The molecule has 1 saturated carbocycles. The standard InChI is InChI=1S/C22H35NO6/c1-4-6-8-13-21(3,27)14-15-22(20(25)26,18-11-9-12-19(18)24)17(10-7-5-2)16-23(28)29/h5,7,14-15,17-18,27H,4,6,8-13,16H2,1-3H3,(H,25,26). The molecular formula is C22H35NO6. The minimum atomic E-state index is -1.71. The van der Waals surface area contributed by atoms with Crippen LogP contribution in [0.3, 0.4) is 0 Å². The maximum absolute atomic E-state index is 12.6. The number of carboxylic acids is 1. The molecule has 1 aliphatic carbocycles. The number of aliphatic hydroxyl groups is 1. The fraction of sp³-hybridized carbons (Fsp3) is 0.727. The smallest absolute Gasteiger partial charge is 0.314 e. The Kier molecular flexibility index (Phi) is 9.70. The maximum atomic E-state index is 12.6. The molecule has 1 aliphatic rings. The predicted octanol–water partition coefficient (Wildman–Crippen LogP) is 4.17. The first-order valence-electron chi connectivity index (χ1n) is 10.5. The van der Waals surface area contributed by atoms with Crippen LogP contribution < -0.4 is 0 Å². The van der Waals surface area contributed by atoms with Crippen molar-refractivity contribution in [3.63, 3.8) is 0 Å². The summed E-state index contributed by atoms with van der Waals surface area (Å²) in [7, 11) is 0. The second-order valence-electron chi connectivity index (χ2n) is 8.31. The molecule has 0 aromatic carbocycles. The van der Waals surface area contributed by atoms with Crippen molar-refractivity contribution >= 4 is 11.8 Å². The highest BCUT2D eigenvalue weighted by atomic mass is 16.6. The summed E-state index contributed by atoms with van der Waals surface area (Å²) >= 11 is 0. The molecule has 0 amide bonds. The molecule has 0 aromatic rings. The lowest BCUT2D eigenvalue weighted by Crippen LogP contribution is -2.48. The van der Waals surface area contributed by atoms with E-state index in [1.54, 1.807) is 26.0 Å². The minimum Gasteiger partial charge on any atom is -0.481 e. The molecule has 2 N–H and O–H groups in total. The van der Waals surface area contributed by atoms with Crippen LogP contribution in [0.5, 0.6) is 0 Å². The lowest BCUT2D eigenvalue weighted by Gasteiger charge is -2.37. The van der Waals surface area contributed by atoms with Gasteiger partial charge in [0.25, 0.3) is 0 Å². The van der Waals surface area contributed by atoms with Gasteiger partial charge in [-0.25, -0.2) is 0 Å². The molecule has 7 heteroatoms. The van der Waals surface area contributed by atoms with E-state index in [1.165, 1.54) is 12.2 Å². The SMILES string of the molecule is CC=CCC(C[N+](=O)[O-])C(C=CC(C)(O)CCCCC)(C(=O)O)C1CCCC1=O. The van der Waals surface area contributed by atoms with Gasteiger partial charge < -0.3 is 10.2 Å². The number of carbonyl (C=O) groups excluding carboxylic acids is 1. The molecule has 1 fully saturated rings. The topological polar surface area (TPSA) is 118 Å². The van der Waals surface area contributed by atoms with Gasteiger partial charge >= 0.3 is 5.97 Å². The molecule has 4 unspecified atom stereocenters. The number of ketones is 1. The van der Waals surface area contributed by atoms with Gasteiger partial charge in [0.15, 0.2) is 0 Å². The number of aliphatic carboxylic acids is 1. The van der Waals surface area contributed by atoms with Crippen LogP contribution in [0.2, 0.25) is 0 Å². The highest BCUT2D eigenvalue weighted by molar-refractivity contribution is 5.91. The summed E-state index contributed by atoms with van der Waals surface area (Å²) in [5.74, 6) is -3.12. The number of carboxylic acid groups (broad SMARTS) is 1. The number of rotatable bonds is 13. The summed E-state index contributed by atoms with van der Waals surface area (Å²) < 4.78 is 0. The van der Waals surface area contributed by atoms with Gasteiger partial charge in [-0.15, -0.1) is 0 Å². The van der Waals surface area contributed by atoms with Gasteiger partial charge in [-0.05, 0) is 39.5 Å². The Labute approximate surface area is 173 Å². The maximum Gasteiger partial charge on any atom is 0.314 e. The van der Waals surface area contributed by atoms with E-state index in [2.05, 4.69) is 6.92 Å². The van der Waals surface area contributed by atoms with Gasteiger partial charge in [-0.3, -0.25) is 19.7 Å². The minimum absolute atomic E-state index is 0.170. The summed E-state index contributed by atoms with van der Waals surface area (Å²) in [6, 6.07) is 0. The first kappa shape index (κ1) is 25.0. The van der Waals surface area contributed by atoms with Gasteiger partial charge in [-0.1, -0.05) is 50.5 Å². The lowest BCUT2D eigenvalue weighted by molar-refractivity contribution is -0.491. The van der Waals surface area contributed by atoms with Gasteiger partial charge in [0.1, 0.15) is 11.2 Å². The van der Waals surface area contributed by atoms with Crippen LogP contribution in [0.4, 0.5) is 0 Å². The van der Waals surface area contributed by atoms with Crippen LogP contribution in [-0.2, 0) is 9.59 Å². The summed E-state index contributed by atoms with van der Waals surface area (Å²) in [6.45, 7) is 4.87. The molecule has 0 radical (unpaired) electrons. The Hall–Kier alpha value is -2.02. The van der Waals surface area contributed by atoms with Gasteiger partial charge in [0.05, 0.1) is 5.60 Å². The third kappa shape index (κ3) is 6.77. The van der Waals surface area contributed by atoms with E-state index in [0.717, 1.165) is 19.3 Å². The quantitative estimate of drug-likeness (QED) is 0.204. The Morgan fingerprint density at radius 1 is 1.38 bits per heavy atom. The zero-order valence-electron chi connectivity index (χ0n) is 17.8. The summed E-state index contributed by atoms with van der Waals surface area (Å²) in [5, 5.41) is 32.3.